The zero-order chi connectivity index (χ0) is 29.4. The van der Waals surface area contributed by atoms with Crippen molar-refractivity contribution in [1.29, 1.82) is 0 Å². The third-order valence-corrected chi connectivity index (χ3v) is 8.19. The van der Waals surface area contributed by atoms with E-state index in [-0.39, 0.29) is 23.9 Å². The van der Waals surface area contributed by atoms with Gasteiger partial charge in [0.2, 0.25) is 5.91 Å². The number of ether oxygens (including phenoxy) is 1. The van der Waals surface area contributed by atoms with Gasteiger partial charge in [0.25, 0.3) is 5.91 Å². The molecule has 3 heterocycles. The number of hydrogen-bond acceptors (Lipinski definition) is 6. The van der Waals surface area contributed by atoms with Gasteiger partial charge in [0, 0.05) is 55.8 Å². The van der Waals surface area contributed by atoms with Crippen LogP contribution in [0.4, 0.5) is 0 Å². The molecule has 0 spiro atoms. The SMILES string of the molecule is COc1cc(C(=O)N[C@H]2CNC[C@@H]2NC(=O)/C=C/CN(C)C)cc2nc(-c3cc4ccccc4n3CC3CC3)n(C)c12. The minimum atomic E-state index is -0.247. The van der Waals surface area contributed by atoms with E-state index in [0.717, 1.165) is 23.6 Å². The quantitative estimate of drug-likeness (QED) is 0.254. The third-order valence-electron chi connectivity index (χ3n) is 8.19. The molecule has 1 saturated heterocycles. The maximum Gasteiger partial charge on any atom is 0.251 e. The number of fused-ring (bicyclic) bond motifs is 2. The predicted octanol–water partition coefficient (Wildman–Crippen LogP) is 2.92. The molecule has 2 atom stereocenters. The number of likely N-dealkylation sites (N-methyl/N-ethyl adjacent to an activating group) is 1. The van der Waals surface area contributed by atoms with Crippen molar-refractivity contribution in [2.24, 2.45) is 13.0 Å². The van der Waals surface area contributed by atoms with Crippen LogP contribution in [-0.2, 0) is 18.4 Å². The predicted molar refractivity (Wildman–Crippen MR) is 165 cm³/mol. The lowest BCUT2D eigenvalue weighted by Crippen LogP contribution is -2.50. The Morgan fingerprint density at radius 1 is 1.12 bits per heavy atom. The molecule has 10 heteroatoms. The number of aromatic nitrogens is 3. The Morgan fingerprint density at radius 2 is 1.88 bits per heavy atom. The van der Waals surface area contributed by atoms with E-state index in [1.807, 2.05) is 38.2 Å². The topological polar surface area (TPSA) is 105 Å². The van der Waals surface area contributed by atoms with Gasteiger partial charge in [0.05, 0.1) is 30.4 Å². The highest BCUT2D eigenvalue weighted by Crippen LogP contribution is 2.37. The fourth-order valence-electron chi connectivity index (χ4n) is 5.81. The number of carbonyl (C=O) groups excluding carboxylic acids is 2. The summed E-state index contributed by atoms with van der Waals surface area (Å²) in [5, 5.41) is 10.6. The van der Waals surface area contributed by atoms with Crippen molar-refractivity contribution in [3.8, 4) is 17.3 Å². The van der Waals surface area contributed by atoms with Crippen molar-refractivity contribution in [2.45, 2.75) is 31.5 Å². The number of rotatable bonds is 10. The molecular formula is C32H39N7O3. The van der Waals surface area contributed by atoms with Crippen molar-refractivity contribution in [1.82, 2.24) is 35.0 Å². The summed E-state index contributed by atoms with van der Waals surface area (Å²) < 4.78 is 10.2. The number of para-hydroxylation sites is 1. The smallest absolute Gasteiger partial charge is 0.251 e. The first-order valence-corrected chi connectivity index (χ1v) is 14.6. The van der Waals surface area contributed by atoms with Gasteiger partial charge in [-0.2, -0.15) is 0 Å². The van der Waals surface area contributed by atoms with E-state index in [4.69, 9.17) is 9.72 Å². The van der Waals surface area contributed by atoms with Gasteiger partial charge in [-0.25, -0.2) is 4.98 Å². The summed E-state index contributed by atoms with van der Waals surface area (Å²) in [6.07, 6.45) is 5.88. The van der Waals surface area contributed by atoms with Crippen LogP contribution in [0.2, 0.25) is 0 Å². The summed E-state index contributed by atoms with van der Waals surface area (Å²) in [4.78, 5) is 32.9. The van der Waals surface area contributed by atoms with Crippen LogP contribution in [0.3, 0.4) is 0 Å². The van der Waals surface area contributed by atoms with Gasteiger partial charge >= 0.3 is 0 Å². The Bertz CT molecular complexity index is 1660. The van der Waals surface area contributed by atoms with Crippen LogP contribution in [0.15, 0.2) is 54.6 Å². The highest BCUT2D eigenvalue weighted by molar-refractivity contribution is 6.00. The van der Waals surface area contributed by atoms with E-state index in [0.29, 0.717) is 42.4 Å². The first kappa shape index (κ1) is 28.0. The summed E-state index contributed by atoms with van der Waals surface area (Å²) in [6, 6.07) is 13.8. The molecule has 2 amide bonds. The summed E-state index contributed by atoms with van der Waals surface area (Å²) in [5.41, 5.74) is 4.26. The van der Waals surface area contributed by atoms with Crippen LogP contribution in [0.5, 0.6) is 5.75 Å². The molecule has 2 aliphatic rings. The number of imidazole rings is 1. The number of benzene rings is 2. The average Bonchev–Trinajstić information content (AvgIpc) is 3.44. The van der Waals surface area contributed by atoms with Crippen molar-refractivity contribution < 1.29 is 14.3 Å². The van der Waals surface area contributed by atoms with Crippen molar-refractivity contribution in [3.05, 3.63) is 60.2 Å². The zero-order valence-corrected chi connectivity index (χ0v) is 24.7. The second-order valence-electron chi connectivity index (χ2n) is 11.7. The largest absolute Gasteiger partial charge is 0.494 e. The van der Waals surface area contributed by atoms with Crippen LogP contribution in [0, 0.1) is 5.92 Å². The van der Waals surface area contributed by atoms with E-state index >= 15 is 0 Å². The van der Waals surface area contributed by atoms with E-state index in [9.17, 15) is 9.59 Å². The molecule has 2 aromatic heterocycles. The first-order valence-electron chi connectivity index (χ1n) is 14.6. The van der Waals surface area contributed by atoms with Gasteiger partial charge in [-0.15, -0.1) is 0 Å². The molecule has 1 aliphatic carbocycles. The number of carbonyl (C=O) groups is 2. The van der Waals surface area contributed by atoms with Crippen LogP contribution >= 0.6 is 0 Å². The van der Waals surface area contributed by atoms with Crippen LogP contribution < -0.4 is 20.7 Å². The lowest BCUT2D eigenvalue weighted by atomic mass is 10.1. The molecule has 2 aromatic carbocycles. The highest BCUT2D eigenvalue weighted by Gasteiger charge is 2.30. The Kier molecular flexibility index (Phi) is 7.74. The van der Waals surface area contributed by atoms with Crippen molar-refractivity contribution in [2.75, 3.05) is 40.8 Å². The highest BCUT2D eigenvalue weighted by atomic mass is 16.5. The molecule has 42 heavy (non-hydrogen) atoms. The maximum absolute atomic E-state index is 13.5. The average molecular weight is 570 g/mol. The molecule has 2 fully saturated rings. The van der Waals surface area contributed by atoms with Gasteiger partial charge in [0.1, 0.15) is 11.3 Å². The second kappa shape index (κ2) is 11.6. The minimum absolute atomic E-state index is 0.173. The Morgan fingerprint density at radius 3 is 2.62 bits per heavy atom. The Hall–Kier alpha value is -4.15. The van der Waals surface area contributed by atoms with Gasteiger partial charge in [-0.05, 0) is 57.1 Å². The minimum Gasteiger partial charge on any atom is -0.494 e. The van der Waals surface area contributed by atoms with E-state index in [2.05, 4.69) is 55.4 Å². The van der Waals surface area contributed by atoms with Crippen molar-refractivity contribution >= 4 is 33.8 Å². The standard InChI is InChI=1S/C32H39N7O3/c1-37(2)13-7-10-29(40)34-24-17-33-18-25(24)36-32(41)22-14-23-30(28(16-22)42-4)38(3)31(35-23)27-15-21-8-5-6-9-26(21)39(27)19-20-11-12-20/h5-10,14-16,20,24-25,33H,11-13,17-19H2,1-4H3,(H,34,40)(H,36,41)/b10-7+/t24-,25-/m0/s1. The van der Waals surface area contributed by atoms with E-state index < -0.39 is 0 Å². The first-order chi connectivity index (χ1) is 20.3. The number of methoxy groups -OCH3 is 1. The lowest BCUT2D eigenvalue weighted by Gasteiger charge is -2.21. The third kappa shape index (κ3) is 5.64. The molecule has 10 nitrogen and oxygen atoms in total. The monoisotopic (exact) mass is 569 g/mol. The van der Waals surface area contributed by atoms with E-state index in [1.54, 1.807) is 19.3 Å². The number of nitrogens with zero attached hydrogens (tertiary/aromatic N) is 4. The fraction of sp³-hybridized carbons (Fsp3) is 0.406. The Balaban J connectivity index is 1.27. The Labute approximate surface area is 245 Å². The molecule has 0 radical (unpaired) electrons. The number of amides is 2. The molecule has 0 bridgehead atoms. The molecule has 1 aliphatic heterocycles. The van der Waals surface area contributed by atoms with Gasteiger partial charge in [-0.3, -0.25) is 9.59 Å². The second-order valence-corrected chi connectivity index (χ2v) is 11.7. The summed E-state index contributed by atoms with van der Waals surface area (Å²) >= 11 is 0. The van der Waals surface area contributed by atoms with E-state index in [1.165, 1.54) is 23.7 Å². The van der Waals surface area contributed by atoms with Crippen LogP contribution in [-0.4, -0.2) is 83.8 Å². The molecule has 4 aromatic rings. The van der Waals surface area contributed by atoms with Gasteiger partial charge in [0.15, 0.2) is 5.82 Å². The molecular weight excluding hydrogens is 530 g/mol. The number of nitrogens with one attached hydrogen (secondary N) is 3. The normalized spacial score (nSPS) is 18.9. The molecule has 220 valence electrons. The van der Waals surface area contributed by atoms with Crippen molar-refractivity contribution in [3.63, 3.8) is 0 Å². The van der Waals surface area contributed by atoms with Crippen LogP contribution in [0.1, 0.15) is 23.2 Å². The number of aryl methyl sites for hydroxylation is 1. The maximum atomic E-state index is 13.5. The fourth-order valence-corrected chi connectivity index (χ4v) is 5.81. The molecule has 3 N–H and O–H groups in total. The molecule has 1 saturated carbocycles. The summed E-state index contributed by atoms with van der Waals surface area (Å²) in [5.74, 6) is 1.72. The van der Waals surface area contributed by atoms with Crippen LogP contribution in [0.25, 0.3) is 33.5 Å². The zero-order valence-electron chi connectivity index (χ0n) is 24.7. The van der Waals surface area contributed by atoms with Gasteiger partial charge in [-0.1, -0.05) is 24.3 Å². The number of hydrogen-bond donors (Lipinski definition) is 3. The summed E-state index contributed by atoms with van der Waals surface area (Å²) in [6.45, 7) is 2.80. The summed E-state index contributed by atoms with van der Waals surface area (Å²) in [7, 11) is 7.50. The molecule has 0 unspecified atom stereocenters. The molecule has 6 rings (SSSR count). The lowest BCUT2D eigenvalue weighted by molar-refractivity contribution is -0.117. The van der Waals surface area contributed by atoms with Gasteiger partial charge < -0.3 is 34.7 Å².